The average molecular weight is 343 g/mol. The van der Waals surface area contributed by atoms with Gasteiger partial charge >= 0.3 is 0 Å². The smallest absolute Gasteiger partial charge is 0.261 e. The van der Waals surface area contributed by atoms with Crippen LogP contribution in [0.4, 0.5) is 11.5 Å². The molecule has 2 aromatic rings. The number of nitrogens with two attached hydrogens (primary N) is 1. The summed E-state index contributed by atoms with van der Waals surface area (Å²) in [5.74, 6) is 0.802. The lowest BCUT2D eigenvalue weighted by molar-refractivity contribution is 0.102. The van der Waals surface area contributed by atoms with Crippen LogP contribution < -0.4 is 15.8 Å². The van der Waals surface area contributed by atoms with Gasteiger partial charge in [-0.15, -0.1) is 0 Å². The Balaban J connectivity index is 1.54. The number of hydrogen-bond donors (Lipinski definition) is 2. The molecule has 1 aromatic heterocycles. The van der Waals surface area contributed by atoms with Gasteiger partial charge in [0.1, 0.15) is 23.7 Å². The summed E-state index contributed by atoms with van der Waals surface area (Å²) in [6.45, 7) is 3.90. The SMILES string of the molecule is Cn1ncc(C(=O)Nc2cccc(OCCN3CCCCC3)c2)c1N. The molecule has 134 valence electrons. The molecule has 3 rings (SSSR count). The quantitative estimate of drug-likeness (QED) is 0.839. The van der Waals surface area contributed by atoms with Crippen LogP contribution >= 0.6 is 0 Å². The Kier molecular flexibility index (Phi) is 5.55. The molecule has 3 N–H and O–H groups in total. The van der Waals surface area contributed by atoms with E-state index in [0.717, 1.165) is 25.4 Å². The number of amides is 1. The Morgan fingerprint density at radius 2 is 2.12 bits per heavy atom. The van der Waals surface area contributed by atoms with Crippen molar-refractivity contribution in [2.75, 3.05) is 37.3 Å². The van der Waals surface area contributed by atoms with Crippen molar-refractivity contribution in [2.45, 2.75) is 19.3 Å². The van der Waals surface area contributed by atoms with Crippen LogP contribution in [0.2, 0.25) is 0 Å². The third-order valence-corrected chi connectivity index (χ3v) is 4.45. The molecule has 7 nitrogen and oxygen atoms in total. The van der Waals surface area contributed by atoms with Gasteiger partial charge in [-0.05, 0) is 38.1 Å². The Morgan fingerprint density at radius 1 is 1.32 bits per heavy atom. The predicted octanol–water partition coefficient (Wildman–Crippen LogP) is 2.12. The summed E-state index contributed by atoms with van der Waals surface area (Å²) in [4.78, 5) is 14.7. The predicted molar refractivity (Wildman–Crippen MR) is 97.8 cm³/mol. The van der Waals surface area contributed by atoms with E-state index in [1.54, 1.807) is 7.05 Å². The van der Waals surface area contributed by atoms with Crippen molar-refractivity contribution in [3.8, 4) is 5.75 Å². The maximum atomic E-state index is 12.3. The van der Waals surface area contributed by atoms with E-state index in [9.17, 15) is 4.79 Å². The highest BCUT2D eigenvalue weighted by Gasteiger charge is 2.14. The number of carbonyl (C=O) groups excluding carboxylic acids is 1. The number of hydrogen-bond acceptors (Lipinski definition) is 5. The average Bonchev–Trinajstić information content (AvgIpc) is 2.95. The van der Waals surface area contributed by atoms with Crippen LogP contribution in [0.3, 0.4) is 0 Å². The molecule has 7 heteroatoms. The highest BCUT2D eigenvalue weighted by molar-refractivity contribution is 6.07. The minimum absolute atomic E-state index is 0.281. The molecule has 1 aromatic carbocycles. The van der Waals surface area contributed by atoms with Gasteiger partial charge in [-0.25, -0.2) is 0 Å². The lowest BCUT2D eigenvalue weighted by Gasteiger charge is -2.26. The molecule has 0 unspecified atom stereocenters. The van der Waals surface area contributed by atoms with Crippen molar-refractivity contribution >= 4 is 17.4 Å². The summed E-state index contributed by atoms with van der Waals surface area (Å²) in [5.41, 5.74) is 6.86. The number of aromatic nitrogens is 2. The first-order chi connectivity index (χ1) is 12.1. The minimum Gasteiger partial charge on any atom is -0.492 e. The minimum atomic E-state index is -0.281. The van der Waals surface area contributed by atoms with E-state index in [1.165, 1.54) is 30.1 Å². The largest absolute Gasteiger partial charge is 0.492 e. The Labute approximate surface area is 147 Å². The van der Waals surface area contributed by atoms with Gasteiger partial charge in [0.2, 0.25) is 0 Å². The number of aryl methyl sites for hydroxylation is 1. The van der Waals surface area contributed by atoms with Crippen molar-refractivity contribution in [3.63, 3.8) is 0 Å². The lowest BCUT2D eigenvalue weighted by atomic mass is 10.1. The third-order valence-electron chi connectivity index (χ3n) is 4.45. The number of anilines is 2. The number of nitrogens with one attached hydrogen (secondary N) is 1. The van der Waals surface area contributed by atoms with Crippen molar-refractivity contribution in [2.24, 2.45) is 7.05 Å². The van der Waals surface area contributed by atoms with Crippen LogP contribution in [0.5, 0.6) is 5.75 Å². The molecule has 1 aliphatic heterocycles. The number of carbonyl (C=O) groups is 1. The van der Waals surface area contributed by atoms with Crippen LogP contribution in [-0.4, -0.2) is 46.8 Å². The van der Waals surface area contributed by atoms with Gasteiger partial charge in [0.05, 0.1) is 6.20 Å². The van der Waals surface area contributed by atoms with Crippen LogP contribution in [0.1, 0.15) is 29.6 Å². The number of nitrogen functional groups attached to an aromatic ring is 1. The Hall–Kier alpha value is -2.54. The summed E-state index contributed by atoms with van der Waals surface area (Å²) in [6.07, 6.45) is 5.35. The molecule has 25 heavy (non-hydrogen) atoms. The fraction of sp³-hybridized carbons (Fsp3) is 0.444. The Morgan fingerprint density at radius 3 is 2.84 bits per heavy atom. The molecule has 0 radical (unpaired) electrons. The molecule has 0 spiro atoms. The highest BCUT2D eigenvalue weighted by Crippen LogP contribution is 2.19. The van der Waals surface area contributed by atoms with Crippen molar-refractivity contribution in [3.05, 3.63) is 36.0 Å². The molecule has 1 aliphatic rings. The van der Waals surface area contributed by atoms with Crippen molar-refractivity contribution in [1.29, 1.82) is 0 Å². The zero-order chi connectivity index (χ0) is 17.6. The summed E-state index contributed by atoms with van der Waals surface area (Å²) >= 11 is 0. The lowest BCUT2D eigenvalue weighted by Crippen LogP contribution is -2.33. The number of rotatable bonds is 6. The van der Waals surface area contributed by atoms with E-state index < -0.39 is 0 Å². The van der Waals surface area contributed by atoms with Gasteiger partial charge < -0.3 is 15.8 Å². The number of piperidine rings is 1. The van der Waals surface area contributed by atoms with E-state index in [1.807, 2.05) is 24.3 Å². The molecule has 0 aliphatic carbocycles. The fourth-order valence-corrected chi connectivity index (χ4v) is 2.96. The van der Waals surface area contributed by atoms with Gasteiger partial charge in [0.25, 0.3) is 5.91 Å². The second-order valence-corrected chi connectivity index (χ2v) is 6.30. The molecular formula is C18H25N5O2. The zero-order valence-electron chi connectivity index (χ0n) is 14.6. The summed E-state index contributed by atoms with van der Waals surface area (Å²) < 4.78 is 7.30. The number of benzene rings is 1. The number of ether oxygens (including phenoxy) is 1. The van der Waals surface area contributed by atoms with Gasteiger partial charge in [-0.3, -0.25) is 14.4 Å². The first-order valence-electron chi connectivity index (χ1n) is 8.67. The van der Waals surface area contributed by atoms with E-state index in [4.69, 9.17) is 10.5 Å². The normalized spacial score (nSPS) is 15.1. The molecular weight excluding hydrogens is 318 g/mol. The third kappa shape index (κ3) is 4.51. The van der Waals surface area contributed by atoms with E-state index in [0.29, 0.717) is 23.7 Å². The van der Waals surface area contributed by atoms with Gasteiger partial charge in [-0.1, -0.05) is 12.5 Å². The summed E-state index contributed by atoms with van der Waals surface area (Å²) in [7, 11) is 1.70. The molecule has 1 saturated heterocycles. The molecule has 1 amide bonds. The van der Waals surface area contributed by atoms with Crippen molar-refractivity contribution < 1.29 is 9.53 Å². The molecule has 0 atom stereocenters. The number of likely N-dealkylation sites (tertiary alicyclic amines) is 1. The molecule has 0 saturated carbocycles. The second kappa shape index (κ2) is 8.02. The maximum absolute atomic E-state index is 12.3. The zero-order valence-corrected chi connectivity index (χ0v) is 14.6. The topological polar surface area (TPSA) is 85.4 Å². The van der Waals surface area contributed by atoms with Gasteiger partial charge in [0.15, 0.2) is 0 Å². The van der Waals surface area contributed by atoms with Crippen LogP contribution in [0.15, 0.2) is 30.5 Å². The van der Waals surface area contributed by atoms with Gasteiger partial charge in [0, 0.05) is 25.3 Å². The van der Waals surface area contributed by atoms with Crippen molar-refractivity contribution in [1.82, 2.24) is 14.7 Å². The fourth-order valence-electron chi connectivity index (χ4n) is 2.96. The van der Waals surface area contributed by atoms with Crippen LogP contribution in [-0.2, 0) is 7.05 Å². The molecule has 1 fully saturated rings. The monoisotopic (exact) mass is 343 g/mol. The Bertz CT molecular complexity index is 722. The second-order valence-electron chi connectivity index (χ2n) is 6.30. The maximum Gasteiger partial charge on any atom is 0.261 e. The summed E-state index contributed by atoms with van der Waals surface area (Å²) in [5, 5.41) is 6.81. The summed E-state index contributed by atoms with van der Waals surface area (Å²) in [6, 6.07) is 7.39. The first-order valence-corrected chi connectivity index (χ1v) is 8.67. The van der Waals surface area contributed by atoms with E-state index >= 15 is 0 Å². The first kappa shape index (κ1) is 17.3. The standard InChI is InChI=1S/C18H25N5O2/c1-22-17(19)16(13-20-22)18(24)21-14-6-5-7-15(12-14)25-11-10-23-8-3-2-4-9-23/h5-7,12-13H,2-4,8-11,19H2,1H3,(H,21,24). The molecule has 2 heterocycles. The van der Waals surface area contributed by atoms with E-state index in [-0.39, 0.29) is 5.91 Å². The van der Waals surface area contributed by atoms with Gasteiger partial charge in [-0.2, -0.15) is 5.10 Å². The van der Waals surface area contributed by atoms with Crippen LogP contribution in [0, 0.1) is 0 Å². The van der Waals surface area contributed by atoms with Crippen LogP contribution in [0.25, 0.3) is 0 Å². The highest BCUT2D eigenvalue weighted by atomic mass is 16.5. The molecule has 0 bridgehead atoms. The van der Waals surface area contributed by atoms with E-state index in [2.05, 4.69) is 15.3 Å². The number of nitrogens with zero attached hydrogens (tertiary/aromatic N) is 3.